The molecule has 2 rings (SSSR count). The summed E-state index contributed by atoms with van der Waals surface area (Å²) in [5.41, 5.74) is 1.23. The summed E-state index contributed by atoms with van der Waals surface area (Å²) < 4.78 is 13.3. The molecule has 1 amide bonds. The van der Waals surface area contributed by atoms with Crippen molar-refractivity contribution in [3.05, 3.63) is 35.1 Å². The fraction of sp³-hybridized carbons (Fsp3) is 0.500. The first kappa shape index (κ1) is 15.9. The zero-order chi connectivity index (χ0) is 13.1. The van der Waals surface area contributed by atoms with Crippen LogP contribution in [0.1, 0.15) is 28.8 Å². The van der Waals surface area contributed by atoms with Crippen molar-refractivity contribution in [1.82, 2.24) is 10.2 Å². The molecule has 19 heavy (non-hydrogen) atoms. The first-order valence-electron chi connectivity index (χ1n) is 6.34. The maximum absolute atomic E-state index is 13.3. The van der Waals surface area contributed by atoms with Gasteiger partial charge in [-0.3, -0.25) is 4.79 Å². The molecule has 1 aliphatic heterocycles. The van der Waals surface area contributed by atoms with Gasteiger partial charge in [0.2, 0.25) is 0 Å². The standard InChI is InChI=1S/C14H19FN2O.ClH/c1-10-6-11(8-12(15)7-10)14(18)17-5-3-4-13(9-17)16-2;/h6-8,13,16H,3-5,9H2,1-2H3;1H. The number of benzene rings is 1. The number of likely N-dealkylation sites (tertiary alicyclic amines) is 1. The molecule has 0 aromatic heterocycles. The Labute approximate surface area is 119 Å². The topological polar surface area (TPSA) is 32.3 Å². The van der Waals surface area contributed by atoms with Gasteiger partial charge in [0.05, 0.1) is 0 Å². The van der Waals surface area contributed by atoms with Gasteiger partial charge < -0.3 is 10.2 Å². The van der Waals surface area contributed by atoms with E-state index in [1.165, 1.54) is 12.1 Å². The van der Waals surface area contributed by atoms with E-state index in [-0.39, 0.29) is 24.1 Å². The Hall–Kier alpha value is -1.13. The van der Waals surface area contributed by atoms with E-state index in [4.69, 9.17) is 0 Å². The van der Waals surface area contributed by atoms with E-state index in [1.807, 2.05) is 7.05 Å². The zero-order valence-electron chi connectivity index (χ0n) is 11.3. The van der Waals surface area contributed by atoms with Crippen LogP contribution >= 0.6 is 12.4 Å². The van der Waals surface area contributed by atoms with Gasteiger partial charge in [0.15, 0.2) is 0 Å². The van der Waals surface area contributed by atoms with Crippen LogP contribution in [0.4, 0.5) is 4.39 Å². The molecule has 1 N–H and O–H groups in total. The number of likely N-dealkylation sites (N-methyl/N-ethyl adjacent to an activating group) is 1. The van der Waals surface area contributed by atoms with Gasteiger partial charge in [0, 0.05) is 24.7 Å². The highest BCUT2D eigenvalue weighted by atomic mass is 35.5. The minimum absolute atomic E-state index is 0. The van der Waals surface area contributed by atoms with Crippen LogP contribution in [0.15, 0.2) is 18.2 Å². The van der Waals surface area contributed by atoms with E-state index < -0.39 is 0 Å². The van der Waals surface area contributed by atoms with Gasteiger partial charge in [-0.05, 0) is 50.6 Å². The Morgan fingerprint density at radius 1 is 1.42 bits per heavy atom. The third-order valence-corrected chi connectivity index (χ3v) is 3.41. The number of hydrogen-bond donors (Lipinski definition) is 1. The number of piperidine rings is 1. The number of rotatable bonds is 2. The number of carbonyl (C=O) groups excluding carboxylic acids is 1. The van der Waals surface area contributed by atoms with Crippen molar-refractivity contribution in [2.45, 2.75) is 25.8 Å². The largest absolute Gasteiger partial charge is 0.337 e. The van der Waals surface area contributed by atoms with Crippen LogP contribution in [0.5, 0.6) is 0 Å². The monoisotopic (exact) mass is 286 g/mol. The minimum Gasteiger partial charge on any atom is -0.337 e. The Bertz CT molecular complexity index is 433. The second-order valence-electron chi connectivity index (χ2n) is 4.90. The third-order valence-electron chi connectivity index (χ3n) is 3.41. The van der Waals surface area contributed by atoms with Crippen molar-refractivity contribution >= 4 is 18.3 Å². The molecule has 1 fully saturated rings. The van der Waals surface area contributed by atoms with Crippen LogP contribution in [0, 0.1) is 12.7 Å². The molecule has 0 radical (unpaired) electrons. The second kappa shape index (κ2) is 6.87. The molecule has 106 valence electrons. The SMILES string of the molecule is CNC1CCCN(C(=O)c2cc(C)cc(F)c2)C1.Cl. The van der Waals surface area contributed by atoms with E-state index in [0.29, 0.717) is 18.2 Å². The zero-order valence-corrected chi connectivity index (χ0v) is 12.1. The lowest BCUT2D eigenvalue weighted by molar-refractivity contribution is 0.0697. The smallest absolute Gasteiger partial charge is 0.254 e. The molecule has 1 aromatic carbocycles. The fourth-order valence-electron chi connectivity index (χ4n) is 2.44. The van der Waals surface area contributed by atoms with E-state index >= 15 is 0 Å². The van der Waals surface area contributed by atoms with Gasteiger partial charge in [-0.2, -0.15) is 0 Å². The van der Waals surface area contributed by atoms with Gasteiger partial charge in [-0.1, -0.05) is 0 Å². The molecule has 0 spiro atoms. The van der Waals surface area contributed by atoms with E-state index in [0.717, 1.165) is 24.9 Å². The molecule has 0 aliphatic carbocycles. The Kier molecular flexibility index (Phi) is 5.76. The van der Waals surface area contributed by atoms with Crippen molar-refractivity contribution in [2.24, 2.45) is 0 Å². The van der Waals surface area contributed by atoms with Crippen LogP contribution in [0.3, 0.4) is 0 Å². The number of nitrogens with zero attached hydrogens (tertiary/aromatic N) is 1. The van der Waals surface area contributed by atoms with Crippen LogP contribution in [0.25, 0.3) is 0 Å². The highest BCUT2D eigenvalue weighted by molar-refractivity contribution is 5.94. The van der Waals surface area contributed by atoms with E-state index in [2.05, 4.69) is 5.32 Å². The molecule has 3 nitrogen and oxygen atoms in total. The number of carbonyl (C=O) groups is 1. The highest BCUT2D eigenvalue weighted by Gasteiger charge is 2.23. The normalized spacial score (nSPS) is 18.9. The van der Waals surface area contributed by atoms with E-state index in [9.17, 15) is 9.18 Å². The molecular formula is C14H20ClFN2O. The summed E-state index contributed by atoms with van der Waals surface area (Å²) >= 11 is 0. The van der Waals surface area contributed by atoms with Crippen molar-refractivity contribution in [2.75, 3.05) is 20.1 Å². The van der Waals surface area contributed by atoms with Crippen LogP contribution in [-0.2, 0) is 0 Å². The number of nitrogens with one attached hydrogen (secondary N) is 1. The average Bonchev–Trinajstić information content (AvgIpc) is 2.37. The Morgan fingerprint density at radius 3 is 2.79 bits per heavy atom. The lowest BCUT2D eigenvalue weighted by atomic mass is 10.0. The van der Waals surface area contributed by atoms with Gasteiger partial charge in [0.25, 0.3) is 5.91 Å². The Morgan fingerprint density at radius 2 is 2.16 bits per heavy atom. The Balaban J connectivity index is 0.00000180. The molecule has 1 aliphatic rings. The summed E-state index contributed by atoms with van der Waals surface area (Å²) in [6.45, 7) is 3.25. The molecule has 0 saturated carbocycles. The fourth-order valence-corrected chi connectivity index (χ4v) is 2.44. The predicted molar refractivity (Wildman–Crippen MR) is 76.4 cm³/mol. The molecule has 1 heterocycles. The van der Waals surface area contributed by atoms with Gasteiger partial charge >= 0.3 is 0 Å². The maximum atomic E-state index is 13.3. The van der Waals surface area contributed by atoms with Gasteiger partial charge in [0.1, 0.15) is 5.82 Å². The molecule has 1 unspecified atom stereocenters. The number of aryl methyl sites for hydroxylation is 1. The molecule has 5 heteroatoms. The lowest BCUT2D eigenvalue weighted by Crippen LogP contribution is -2.47. The van der Waals surface area contributed by atoms with Crippen molar-refractivity contribution in [3.8, 4) is 0 Å². The second-order valence-corrected chi connectivity index (χ2v) is 4.90. The summed E-state index contributed by atoms with van der Waals surface area (Å²) in [7, 11) is 1.91. The van der Waals surface area contributed by atoms with Crippen LogP contribution in [0.2, 0.25) is 0 Å². The summed E-state index contributed by atoms with van der Waals surface area (Å²) in [5, 5.41) is 3.20. The average molecular weight is 287 g/mol. The third kappa shape index (κ3) is 3.91. The van der Waals surface area contributed by atoms with Crippen LogP contribution < -0.4 is 5.32 Å². The van der Waals surface area contributed by atoms with Crippen molar-refractivity contribution in [3.63, 3.8) is 0 Å². The molecular weight excluding hydrogens is 267 g/mol. The summed E-state index contributed by atoms with van der Waals surface area (Å²) in [6.07, 6.45) is 2.08. The molecule has 1 saturated heterocycles. The maximum Gasteiger partial charge on any atom is 0.254 e. The number of hydrogen-bond acceptors (Lipinski definition) is 2. The quantitative estimate of drug-likeness (QED) is 0.905. The summed E-state index contributed by atoms with van der Waals surface area (Å²) in [4.78, 5) is 14.1. The lowest BCUT2D eigenvalue weighted by Gasteiger charge is -2.32. The van der Waals surface area contributed by atoms with Crippen molar-refractivity contribution < 1.29 is 9.18 Å². The minimum atomic E-state index is -0.347. The molecule has 1 aromatic rings. The van der Waals surface area contributed by atoms with Crippen molar-refractivity contribution in [1.29, 1.82) is 0 Å². The summed E-state index contributed by atoms with van der Waals surface area (Å²) in [5.74, 6) is -0.418. The predicted octanol–water partition coefficient (Wildman–Crippen LogP) is 2.38. The molecule has 0 bridgehead atoms. The van der Waals surface area contributed by atoms with E-state index in [1.54, 1.807) is 17.9 Å². The van der Waals surface area contributed by atoms with Gasteiger partial charge in [-0.25, -0.2) is 4.39 Å². The molecule has 1 atom stereocenters. The summed E-state index contributed by atoms with van der Waals surface area (Å²) in [6, 6.07) is 4.84. The highest BCUT2D eigenvalue weighted by Crippen LogP contribution is 2.15. The first-order valence-corrected chi connectivity index (χ1v) is 6.34. The van der Waals surface area contributed by atoms with Gasteiger partial charge in [-0.15, -0.1) is 12.4 Å². The number of amides is 1. The first-order chi connectivity index (χ1) is 8.60. The van der Waals surface area contributed by atoms with Crippen LogP contribution in [-0.4, -0.2) is 37.0 Å². The number of halogens is 2.